The first-order valence-corrected chi connectivity index (χ1v) is 8.89. The van der Waals surface area contributed by atoms with E-state index < -0.39 is 0 Å². The van der Waals surface area contributed by atoms with Gasteiger partial charge < -0.3 is 0 Å². The Hall–Kier alpha value is -0.860. The molecule has 0 aliphatic heterocycles. The molecule has 1 unspecified atom stereocenters. The van der Waals surface area contributed by atoms with Crippen molar-refractivity contribution in [2.24, 2.45) is 5.84 Å². The van der Waals surface area contributed by atoms with Crippen LogP contribution in [0.5, 0.6) is 0 Å². The Morgan fingerprint density at radius 2 is 1.33 bits per heavy atom. The van der Waals surface area contributed by atoms with Crippen molar-refractivity contribution >= 4 is 0 Å². The first-order chi connectivity index (χ1) is 10.4. The molecule has 0 aromatic heterocycles. The standard InChI is InChI=1S/C19H34N2/c1-2-3-4-5-6-7-8-9-10-14-17-19(21-20)18-15-12-11-13-16-18/h11-13,15-16,19,21H,2-10,14,17,20H2,1H3. The van der Waals surface area contributed by atoms with Crippen LogP contribution in [-0.4, -0.2) is 0 Å². The van der Waals surface area contributed by atoms with E-state index in [1.165, 1.54) is 69.8 Å². The fraction of sp³-hybridized carbons (Fsp3) is 0.684. The maximum absolute atomic E-state index is 5.68. The van der Waals surface area contributed by atoms with E-state index in [1.54, 1.807) is 0 Å². The van der Waals surface area contributed by atoms with Gasteiger partial charge in [-0.05, 0) is 12.0 Å². The molecule has 1 aromatic carbocycles. The highest BCUT2D eigenvalue weighted by atomic mass is 15.2. The van der Waals surface area contributed by atoms with Crippen LogP contribution in [0, 0.1) is 0 Å². The van der Waals surface area contributed by atoms with Crippen molar-refractivity contribution in [1.29, 1.82) is 0 Å². The number of hydrogen-bond donors (Lipinski definition) is 2. The van der Waals surface area contributed by atoms with Gasteiger partial charge in [-0.1, -0.05) is 101 Å². The van der Waals surface area contributed by atoms with E-state index in [1.807, 2.05) is 0 Å². The SMILES string of the molecule is CCCCCCCCCCCCC(NN)c1ccccc1. The first kappa shape index (κ1) is 18.2. The molecule has 0 bridgehead atoms. The van der Waals surface area contributed by atoms with Crippen LogP contribution in [0.2, 0.25) is 0 Å². The van der Waals surface area contributed by atoms with E-state index in [2.05, 4.69) is 42.7 Å². The van der Waals surface area contributed by atoms with Gasteiger partial charge in [0.2, 0.25) is 0 Å². The molecule has 21 heavy (non-hydrogen) atoms. The average Bonchev–Trinajstić information content (AvgIpc) is 2.54. The van der Waals surface area contributed by atoms with Gasteiger partial charge in [0, 0.05) is 6.04 Å². The van der Waals surface area contributed by atoms with Gasteiger partial charge in [0.1, 0.15) is 0 Å². The molecular weight excluding hydrogens is 256 g/mol. The number of hydrazine groups is 1. The zero-order valence-corrected chi connectivity index (χ0v) is 13.8. The summed E-state index contributed by atoms with van der Waals surface area (Å²) >= 11 is 0. The number of rotatable bonds is 13. The van der Waals surface area contributed by atoms with Crippen molar-refractivity contribution < 1.29 is 0 Å². The third-order valence-corrected chi connectivity index (χ3v) is 4.25. The molecule has 0 heterocycles. The molecule has 0 aliphatic carbocycles. The molecule has 0 radical (unpaired) electrons. The fourth-order valence-corrected chi connectivity index (χ4v) is 2.87. The van der Waals surface area contributed by atoms with E-state index in [4.69, 9.17) is 5.84 Å². The first-order valence-electron chi connectivity index (χ1n) is 8.89. The number of unbranched alkanes of at least 4 members (excludes halogenated alkanes) is 9. The molecule has 0 spiro atoms. The molecule has 0 fully saturated rings. The van der Waals surface area contributed by atoms with E-state index in [9.17, 15) is 0 Å². The Labute approximate surface area is 131 Å². The van der Waals surface area contributed by atoms with Gasteiger partial charge in [-0.25, -0.2) is 0 Å². The van der Waals surface area contributed by atoms with Crippen molar-refractivity contribution in [3.8, 4) is 0 Å². The minimum atomic E-state index is 0.306. The molecule has 1 aromatic rings. The molecule has 1 atom stereocenters. The summed E-state index contributed by atoms with van der Waals surface area (Å²) in [5.74, 6) is 5.68. The third-order valence-electron chi connectivity index (χ3n) is 4.25. The lowest BCUT2D eigenvalue weighted by molar-refractivity contribution is 0.474. The summed E-state index contributed by atoms with van der Waals surface area (Å²) in [6, 6.07) is 10.8. The van der Waals surface area contributed by atoms with Crippen molar-refractivity contribution in [3.05, 3.63) is 35.9 Å². The monoisotopic (exact) mass is 290 g/mol. The lowest BCUT2D eigenvalue weighted by atomic mass is 10.00. The molecule has 120 valence electrons. The maximum atomic E-state index is 5.68. The van der Waals surface area contributed by atoms with Crippen molar-refractivity contribution in [3.63, 3.8) is 0 Å². The fourth-order valence-electron chi connectivity index (χ4n) is 2.87. The lowest BCUT2D eigenvalue weighted by Crippen LogP contribution is -2.27. The number of hydrogen-bond acceptors (Lipinski definition) is 2. The smallest absolute Gasteiger partial charge is 0.0460 e. The van der Waals surface area contributed by atoms with E-state index in [0.29, 0.717) is 6.04 Å². The Bertz CT molecular complexity index is 324. The Balaban J connectivity index is 1.98. The third kappa shape index (κ3) is 8.90. The van der Waals surface area contributed by atoms with Gasteiger partial charge in [0.15, 0.2) is 0 Å². The van der Waals surface area contributed by atoms with E-state index >= 15 is 0 Å². The van der Waals surface area contributed by atoms with Gasteiger partial charge in [-0.2, -0.15) is 0 Å². The highest BCUT2D eigenvalue weighted by Crippen LogP contribution is 2.19. The normalized spacial score (nSPS) is 12.5. The lowest BCUT2D eigenvalue weighted by Gasteiger charge is -2.16. The molecule has 2 heteroatoms. The summed E-state index contributed by atoms with van der Waals surface area (Å²) in [7, 11) is 0. The van der Waals surface area contributed by atoms with Gasteiger partial charge in [0.05, 0.1) is 0 Å². The predicted octanol–water partition coefficient (Wildman–Crippen LogP) is 5.50. The number of benzene rings is 1. The van der Waals surface area contributed by atoms with Crippen molar-refractivity contribution in [2.75, 3.05) is 0 Å². The minimum Gasteiger partial charge on any atom is -0.271 e. The summed E-state index contributed by atoms with van der Waals surface area (Å²) in [6.45, 7) is 2.28. The summed E-state index contributed by atoms with van der Waals surface area (Å²) in [5.41, 5.74) is 4.25. The summed E-state index contributed by atoms with van der Waals surface area (Å²) in [6.07, 6.45) is 15.0. The predicted molar refractivity (Wildman–Crippen MR) is 93.0 cm³/mol. The average molecular weight is 290 g/mol. The zero-order chi connectivity index (χ0) is 15.2. The molecule has 1 rings (SSSR count). The van der Waals surface area contributed by atoms with Gasteiger partial charge >= 0.3 is 0 Å². The zero-order valence-electron chi connectivity index (χ0n) is 13.8. The van der Waals surface area contributed by atoms with Gasteiger partial charge in [0.25, 0.3) is 0 Å². The summed E-state index contributed by atoms with van der Waals surface area (Å²) in [5, 5.41) is 0. The minimum absolute atomic E-state index is 0.306. The highest BCUT2D eigenvalue weighted by Gasteiger charge is 2.07. The van der Waals surface area contributed by atoms with E-state index in [-0.39, 0.29) is 0 Å². The Kier molecular flexibility index (Phi) is 11.1. The van der Waals surface area contributed by atoms with Crippen LogP contribution in [-0.2, 0) is 0 Å². The van der Waals surface area contributed by atoms with Gasteiger partial charge in [-0.3, -0.25) is 11.3 Å². The van der Waals surface area contributed by atoms with Crippen LogP contribution < -0.4 is 11.3 Å². The maximum Gasteiger partial charge on any atom is 0.0460 e. The highest BCUT2D eigenvalue weighted by molar-refractivity contribution is 5.18. The van der Waals surface area contributed by atoms with Crippen LogP contribution in [0.3, 0.4) is 0 Å². The second-order valence-corrected chi connectivity index (χ2v) is 6.10. The summed E-state index contributed by atoms with van der Waals surface area (Å²) in [4.78, 5) is 0. The molecule has 3 N–H and O–H groups in total. The largest absolute Gasteiger partial charge is 0.271 e. The molecule has 0 saturated carbocycles. The number of nitrogens with one attached hydrogen (secondary N) is 1. The van der Waals surface area contributed by atoms with Crippen LogP contribution >= 0.6 is 0 Å². The number of nitrogens with two attached hydrogens (primary N) is 1. The van der Waals surface area contributed by atoms with Crippen LogP contribution in [0.15, 0.2) is 30.3 Å². The second-order valence-electron chi connectivity index (χ2n) is 6.10. The summed E-state index contributed by atoms with van der Waals surface area (Å²) < 4.78 is 0. The van der Waals surface area contributed by atoms with Crippen molar-refractivity contribution in [1.82, 2.24) is 5.43 Å². The van der Waals surface area contributed by atoms with Crippen LogP contribution in [0.4, 0.5) is 0 Å². The van der Waals surface area contributed by atoms with Crippen LogP contribution in [0.1, 0.15) is 89.2 Å². The quantitative estimate of drug-likeness (QED) is 0.286. The molecule has 0 amide bonds. The molecular formula is C19H34N2. The molecule has 0 aliphatic rings. The van der Waals surface area contributed by atoms with Gasteiger partial charge in [-0.15, -0.1) is 0 Å². The van der Waals surface area contributed by atoms with E-state index in [0.717, 1.165) is 6.42 Å². The Morgan fingerprint density at radius 1 is 0.810 bits per heavy atom. The Morgan fingerprint density at radius 3 is 1.86 bits per heavy atom. The van der Waals surface area contributed by atoms with Crippen LogP contribution in [0.25, 0.3) is 0 Å². The molecule has 0 saturated heterocycles. The molecule has 2 nitrogen and oxygen atoms in total. The second kappa shape index (κ2) is 12.8. The van der Waals surface area contributed by atoms with Crippen molar-refractivity contribution in [2.45, 2.75) is 83.6 Å². The topological polar surface area (TPSA) is 38.0 Å².